The van der Waals surface area contributed by atoms with Crippen molar-refractivity contribution < 1.29 is 38.0 Å². The van der Waals surface area contributed by atoms with E-state index in [9.17, 15) is 19.2 Å². The Hall–Kier alpha value is -5.70. The molecular weight excluding hydrogens is 995 g/mol. The summed E-state index contributed by atoms with van der Waals surface area (Å²) in [7, 11) is 1.11. The predicted molar refractivity (Wildman–Crippen MR) is 299 cm³/mol. The maximum Gasteiger partial charge on any atom is 0.494 e. The van der Waals surface area contributed by atoms with Crippen LogP contribution in [0.1, 0.15) is 160 Å². The van der Waals surface area contributed by atoms with Crippen molar-refractivity contribution in [3.63, 3.8) is 0 Å². The summed E-state index contributed by atoms with van der Waals surface area (Å²) in [6, 6.07) is 29.1. The molecule has 14 heteroatoms. The Kier molecular flexibility index (Phi) is 18.8. The maximum atomic E-state index is 13.3. The fraction of sp³-hybridized carbons (Fsp3) is 0.467. The number of benzene rings is 4. The number of nitrogens with zero attached hydrogens (tertiary/aromatic N) is 2. The highest BCUT2D eigenvalue weighted by molar-refractivity contribution is 9.10. The van der Waals surface area contributed by atoms with Gasteiger partial charge in [-0.05, 0) is 139 Å². The number of esters is 1. The summed E-state index contributed by atoms with van der Waals surface area (Å²) < 4.78 is 23.9. The zero-order chi connectivity index (χ0) is 55.2. The average molecular weight is 1070 g/mol. The normalized spacial score (nSPS) is 15.2. The Morgan fingerprint density at radius 1 is 0.635 bits per heavy atom. The van der Waals surface area contributed by atoms with Crippen molar-refractivity contribution in [1.29, 1.82) is 0 Å². The number of ether oxygens (including phenoxy) is 2. The summed E-state index contributed by atoms with van der Waals surface area (Å²) >= 11 is 3.36. The number of halogens is 1. The van der Waals surface area contributed by atoms with Crippen LogP contribution in [0.3, 0.4) is 0 Å². The van der Waals surface area contributed by atoms with Gasteiger partial charge in [-0.25, -0.2) is 9.78 Å². The smallest absolute Gasteiger partial charge is 0.480 e. The highest BCUT2D eigenvalue weighted by Gasteiger charge is 2.51. The van der Waals surface area contributed by atoms with Gasteiger partial charge in [-0.2, -0.15) is 4.98 Å². The molecular formula is C60H78BBrN4O8. The second-order valence-electron chi connectivity index (χ2n) is 24.4. The number of ketones is 1. The van der Waals surface area contributed by atoms with Crippen LogP contribution in [-0.4, -0.2) is 76.6 Å². The molecule has 1 saturated heterocycles. The maximum absolute atomic E-state index is 13.3. The molecule has 1 aliphatic rings. The van der Waals surface area contributed by atoms with E-state index in [1.807, 2.05) is 133 Å². The van der Waals surface area contributed by atoms with E-state index >= 15 is 0 Å². The molecule has 5 aromatic rings. The Labute approximate surface area is 449 Å². The van der Waals surface area contributed by atoms with Gasteiger partial charge in [-0.15, -0.1) is 0 Å². The lowest BCUT2D eigenvalue weighted by Gasteiger charge is -2.32. The molecule has 2 heterocycles. The van der Waals surface area contributed by atoms with Crippen LogP contribution in [0.4, 0.5) is 0 Å². The molecule has 1 aromatic heterocycles. The number of nitrogens with one attached hydrogen (secondary N) is 2. The third-order valence-electron chi connectivity index (χ3n) is 12.9. The van der Waals surface area contributed by atoms with Crippen molar-refractivity contribution in [2.45, 2.75) is 170 Å². The van der Waals surface area contributed by atoms with Crippen molar-refractivity contribution in [3.05, 3.63) is 141 Å². The molecule has 1 aliphatic heterocycles. The summed E-state index contributed by atoms with van der Waals surface area (Å²) in [5.41, 5.74) is 5.19. The minimum Gasteiger partial charge on any atom is -0.480 e. The molecule has 396 valence electrons. The number of aromatic nitrogens is 2. The molecule has 2 N–H and O–H groups in total. The van der Waals surface area contributed by atoms with E-state index in [1.165, 1.54) is 0 Å². The topological polar surface area (TPSA) is 155 Å². The zero-order valence-electron chi connectivity index (χ0n) is 46.7. The first-order chi connectivity index (χ1) is 34.1. The number of carbonyl (C=O) groups is 4. The molecule has 0 saturated carbocycles. The van der Waals surface area contributed by atoms with Crippen molar-refractivity contribution >= 4 is 52.1 Å². The molecule has 12 nitrogen and oxygen atoms in total. The SMILES string of the molecule is CC(C)(C)CC(=O)[C@H](Cc1ccc(B2OC(C)(C)C(C)(C)O2)cc1)NC(=O)c1ccc(C(C)(C)C)cc1.COc1nc(-c2ccc(C[C@H](NC(=O)c3ccc(C(C)(C)C)cc3)C(=O)OC(C)(C)C)cc2)ncc1Br. The summed E-state index contributed by atoms with van der Waals surface area (Å²) in [6.07, 6.45) is 2.71. The van der Waals surface area contributed by atoms with E-state index in [1.54, 1.807) is 46.2 Å². The van der Waals surface area contributed by atoms with Crippen LogP contribution in [-0.2, 0) is 47.3 Å². The average Bonchev–Trinajstić information content (AvgIpc) is 3.53. The van der Waals surface area contributed by atoms with Crippen molar-refractivity contribution in [2.75, 3.05) is 7.11 Å². The fourth-order valence-corrected chi connectivity index (χ4v) is 8.22. The molecule has 0 radical (unpaired) electrons. The Balaban J connectivity index is 0.000000274. The summed E-state index contributed by atoms with van der Waals surface area (Å²) in [6.45, 7) is 32.4. The second kappa shape index (κ2) is 23.5. The second-order valence-corrected chi connectivity index (χ2v) is 25.3. The standard InChI is InChI=1S/C31H44BNO4.C29H34BrN3O4/c1-28(2,3)20-26(34)25(33-27(35)22-13-15-23(16-14-22)29(4,5)6)19-21-11-17-24(18-12-21)32-36-30(7,8)31(9,10)37-32;1-28(2,3)21-14-12-20(13-15-21)25(34)32-23(27(35)37-29(4,5)6)16-18-8-10-19(11-9-18)24-31-17-22(30)26(33-24)36-7/h11-18,25H,19-20H2,1-10H3,(H,33,35);8-15,17,23H,16H2,1-7H3,(H,32,34)/t25-;23-/m00/s1. The number of carbonyl (C=O) groups excluding carboxylic acids is 4. The lowest BCUT2D eigenvalue weighted by Crippen LogP contribution is -2.45. The first-order valence-corrected chi connectivity index (χ1v) is 26.1. The quantitative estimate of drug-likeness (QED) is 0.0811. The number of hydrogen-bond donors (Lipinski definition) is 2. The van der Waals surface area contributed by atoms with Gasteiger partial charge in [0.05, 0.1) is 28.8 Å². The zero-order valence-corrected chi connectivity index (χ0v) is 48.3. The molecule has 4 aromatic carbocycles. The third-order valence-corrected chi connectivity index (χ3v) is 13.5. The minimum absolute atomic E-state index is 0.00641. The highest BCUT2D eigenvalue weighted by atomic mass is 79.9. The van der Waals surface area contributed by atoms with E-state index in [0.29, 0.717) is 40.1 Å². The Morgan fingerprint density at radius 3 is 1.49 bits per heavy atom. The lowest BCUT2D eigenvalue weighted by atomic mass is 9.78. The number of Topliss-reactive ketones (excluding diaryl/α,β-unsaturated/α-hetero) is 1. The van der Waals surface area contributed by atoms with Crippen LogP contribution in [0, 0.1) is 5.41 Å². The highest BCUT2D eigenvalue weighted by Crippen LogP contribution is 2.36. The molecule has 0 aliphatic carbocycles. The van der Waals surface area contributed by atoms with Crippen LogP contribution < -0.4 is 20.8 Å². The van der Waals surface area contributed by atoms with Gasteiger partial charge in [0.25, 0.3) is 11.8 Å². The van der Waals surface area contributed by atoms with Gasteiger partial charge in [0, 0.05) is 35.7 Å². The van der Waals surface area contributed by atoms with E-state index in [4.69, 9.17) is 18.8 Å². The molecule has 0 bridgehead atoms. The van der Waals surface area contributed by atoms with Crippen LogP contribution in [0.5, 0.6) is 5.88 Å². The van der Waals surface area contributed by atoms with Crippen LogP contribution >= 0.6 is 15.9 Å². The van der Waals surface area contributed by atoms with Gasteiger partial charge in [0.1, 0.15) is 11.6 Å². The van der Waals surface area contributed by atoms with E-state index < -0.39 is 42.0 Å². The van der Waals surface area contributed by atoms with E-state index in [-0.39, 0.29) is 40.3 Å². The minimum atomic E-state index is -0.858. The van der Waals surface area contributed by atoms with Gasteiger partial charge in [-0.3, -0.25) is 14.4 Å². The molecule has 0 spiro atoms. The van der Waals surface area contributed by atoms with E-state index in [2.05, 4.69) is 78.1 Å². The Morgan fingerprint density at radius 2 is 1.07 bits per heavy atom. The van der Waals surface area contributed by atoms with Crippen LogP contribution in [0.15, 0.2) is 108 Å². The molecule has 0 unspecified atom stereocenters. The summed E-state index contributed by atoms with van der Waals surface area (Å²) in [5, 5.41) is 5.89. The molecule has 2 amide bonds. The van der Waals surface area contributed by atoms with Crippen molar-refractivity contribution in [1.82, 2.24) is 20.6 Å². The number of hydrogen-bond acceptors (Lipinski definition) is 10. The first-order valence-electron chi connectivity index (χ1n) is 25.3. The predicted octanol–water partition coefficient (Wildman–Crippen LogP) is 11.5. The number of amides is 2. The largest absolute Gasteiger partial charge is 0.494 e. The first kappa shape index (κ1) is 59.2. The van der Waals surface area contributed by atoms with Gasteiger partial charge in [0.15, 0.2) is 11.6 Å². The fourth-order valence-electron chi connectivity index (χ4n) is 7.87. The molecule has 74 heavy (non-hydrogen) atoms. The van der Waals surface area contributed by atoms with Crippen LogP contribution in [0.25, 0.3) is 11.4 Å². The monoisotopic (exact) mass is 1070 g/mol. The van der Waals surface area contributed by atoms with Gasteiger partial charge >= 0.3 is 13.1 Å². The van der Waals surface area contributed by atoms with Crippen LogP contribution in [0.2, 0.25) is 0 Å². The summed E-state index contributed by atoms with van der Waals surface area (Å²) in [5.74, 6) is -0.0659. The van der Waals surface area contributed by atoms with Crippen molar-refractivity contribution in [3.8, 4) is 17.3 Å². The molecule has 1 fully saturated rings. The van der Waals surface area contributed by atoms with Crippen molar-refractivity contribution in [2.24, 2.45) is 5.41 Å². The van der Waals surface area contributed by atoms with Gasteiger partial charge in [-0.1, -0.05) is 135 Å². The summed E-state index contributed by atoms with van der Waals surface area (Å²) in [4.78, 5) is 61.2. The van der Waals surface area contributed by atoms with Gasteiger partial charge < -0.3 is 29.4 Å². The third kappa shape index (κ3) is 16.7. The Bertz CT molecular complexity index is 2720. The number of methoxy groups -OCH3 is 1. The van der Waals surface area contributed by atoms with E-state index in [0.717, 1.165) is 33.3 Å². The lowest BCUT2D eigenvalue weighted by molar-refractivity contribution is -0.157. The number of rotatable bonds is 14. The molecule has 2 atom stereocenters. The molecule has 6 rings (SSSR count). The van der Waals surface area contributed by atoms with Gasteiger partial charge in [0.2, 0.25) is 5.88 Å².